The Morgan fingerprint density at radius 3 is 3.11 bits per heavy atom. The number of ether oxygens (including phenoxy) is 1. The van der Waals surface area contributed by atoms with Gasteiger partial charge < -0.3 is 14.6 Å². The van der Waals surface area contributed by atoms with Crippen LogP contribution in [0.25, 0.3) is 11.0 Å². The van der Waals surface area contributed by atoms with Crippen molar-refractivity contribution < 1.29 is 4.74 Å². The summed E-state index contributed by atoms with van der Waals surface area (Å²) < 4.78 is 7.32. The van der Waals surface area contributed by atoms with Crippen molar-refractivity contribution in [3.05, 3.63) is 30.1 Å². The van der Waals surface area contributed by atoms with E-state index in [1.54, 1.807) is 7.11 Å². The first-order chi connectivity index (χ1) is 9.36. The molecular formula is C15H23N3O. The fourth-order valence-electron chi connectivity index (χ4n) is 2.23. The summed E-state index contributed by atoms with van der Waals surface area (Å²) in [5.41, 5.74) is 2.41. The molecule has 2 rings (SSSR count). The van der Waals surface area contributed by atoms with Crippen LogP contribution in [0.5, 0.6) is 0 Å². The molecule has 0 radical (unpaired) electrons. The first-order valence-electron chi connectivity index (χ1n) is 6.99. The summed E-state index contributed by atoms with van der Waals surface area (Å²) in [5, 5.41) is 4.65. The third-order valence-electron chi connectivity index (χ3n) is 3.27. The van der Waals surface area contributed by atoms with E-state index in [0.717, 1.165) is 31.9 Å². The maximum Gasteiger partial charge on any atom is 0.140 e. The van der Waals surface area contributed by atoms with Crippen molar-refractivity contribution in [2.75, 3.05) is 20.3 Å². The fraction of sp³-hybridized carbons (Fsp3) is 0.533. The van der Waals surface area contributed by atoms with Gasteiger partial charge in [-0.05, 0) is 24.1 Å². The first kappa shape index (κ1) is 14.0. The molecule has 2 aromatic heterocycles. The van der Waals surface area contributed by atoms with Gasteiger partial charge in [0.1, 0.15) is 5.65 Å². The second-order valence-electron chi connectivity index (χ2n) is 4.75. The van der Waals surface area contributed by atoms with Crippen LogP contribution in [0.15, 0.2) is 24.5 Å². The van der Waals surface area contributed by atoms with Gasteiger partial charge in [0, 0.05) is 44.5 Å². The largest absolute Gasteiger partial charge is 0.383 e. The summed E-state index contributed by atoms with van der Waals surface area (Å²) >= 11 is 0. The minimum absolute atomic E-state index is 0.743. The number of hydrogen-bond acceptors (Lipinski definition) is 3. The Hall–Kier alpha value is -1.39. The lowest BCUT2D eigenvalue weighted by molar-refractivity contribution is 0.199. The van der Waals surface area contributed by atoms with E-state index in [1.165, 1.54) is 23.8 Å². The topological polar surface area (TPSA) is 39.1 Å². The zero-order valence-electron chi connectivity index (χ0n) is 11.9. The Morgan fingerprint density at radius 1 is 1.42 bits per heavy atom. The molecule has 0 aliphatic rings. The van der Waals surface area contributed by atoms with Gasteiger partial charge in [0.25, 0.3) is 0 Å². The van der Waals surface area contributed by atoms with E-state index in [9.17, 15) is 0 Å². The Labute approximate surface area is 114 Å². The van der Waals surface area contributed by atoms with Crippen molar-refractivity contribution in [3.8, 4) is 0 Å². The van der Waals surface area contributed by atoms with E-state index in [1.807, 2.05) is 12.3 Å². The predicted octanol–water partition coefficient (Wildman–Crippen LogP) is 2.57. The summed E-state index contributed by atoms with van der Waals surface area (Å²) in [6.45, 7) is 5.74. The summed E-state index contributed by atoms with van der Waals surface area (Å²) in [6.07, 6.45) is 6.49. The Kier molecular flexibility index (Phi) is 5.36. The molecule has 0 bridgehead atoms. The SMILES string of the molecule is CCCCn1cc(CNCCOC)c2cccnc21. The second-order valence-corrected chi connectivity index (χ2v) is 4.75. The van der Waals surface area contributed by atoms with Crippen LogP contribution in [0.2, 0.25) is 0 Å². The number of nitrogens with one attached hydrogen (secondary N) is 1. The predicted molar refractivity (Wildman–Crippen MR) is 78.2 cm³/mol. The molecule has 0 amide bonds. The van der Waals surface area contributed by atoms with Crippen LogP contribution in [0.1, 0.15) is 25.3 Å². The summed E-state index contributed by atoms with van der Waals surface area (Å²) in [5.74, 6) is 0. The van der Waals surface area contributed by atoms with Crippen molar-refractivity contribution in [3.63, 3.8) is 0 Å². The van der Waals surface area contributed by atoms with Gasteiger partial charge >= 0.3 is 0 Å². The molecule has 0 unspecified atom stereocenters. The van der Waals surface area contributed by atoms with E-state index in [2.05, 4.69) is 34.1 Å². The van der Waals surface area contributed by atoms with Gasteiger partial charge in [0.2, 0.25) is 0 Å². The maximum absolute atomic E-state index is 5.05. The number of methoxy groups -OCH3 is 1. The Morgan fingerprint density at radius 2 is 2.32 bits per heavy atom. The van der Waals surface area contributed by atoms with Gasteiger partial charge in [0.05, 0.1) is 6.61 Å². The zero-order chi connectivity index (χ0) is 13.5. The Balaban J connectivity index is 2.13. The van der Waals surface area contributed by atoms with Gasteiger partial charge in [-0.2, -0.15) is 0 Å². The fourth-order valence-corrected chi connectivity index (χ4v) is 2.23. The quantitative estimate of drug-likeness (QED) is 0.742. The van der Waals surface area contributed by atoms with E-state index in [0.29, 0.717) is 0 Å². The number of pyridine rings is 1. The summed E-state index contributed by atoms with van der Waals surface area (Å²) in [7, 11) is 1.72. The molecule has 1 N–H and O–H groups in total. The van der Waals surface area contributed by atoms with E-state index in [-0.39, 0.29) is 0 Å². The van der Waals surface area contributed by atoms with Crippen molar-refractivity contribution in [2.45, 2.75) is 32.9 Å². The minimum atomic E-state index is 0.743. The Bertz CT molecular complexity index is 507. The molecule has 104 valence electrons. The number of unbranched alkanes of at least 4 members (excludes halogenated alkanes) is 1. The normalized spacial score (nSPS) is 11.3. The van der Waals surface area contributed by atoms with Gasteiger partial charge in [0.15, 0.2) is 0 Å². The molecule has 0 saturated carbocycles. The number of nitrogens with zero attached hydrogens (tertiary/aromatic N) is 2. The van der Waals surface area contributed by atoms with Gasteiger partial charge in [-0.1, -0.05) is 13.3 Å². The molecule has 2 aromatic rings. The molecular weight excluding hydrogens is 238 g/mol. The average molecular weight is 261 g/mol. The van der Waals surface area contributed by atoms with Gasteiger partial charge in [-0.25, -0.2) is 4.98 Å². The van der Waals surface area contributed by atoms with Gasteiger partial charge in [-0.15, -0.1) is 0 Å². The van der Waals surface area contributed by atoms with Crippen LogP contribution in [0.4, 0.5) is 0 Å². The monoisotopic (exact) mass is 261 g/mol. The lowest BCUT2D eigenvalue weighted by Gasteiger charge is -2.02. The number of hydrogen-bond donors (Lipinski definition) is 1. The molecule has 19 heavy (non-hydrogen) atoms. The van der Waals surface area contributed by atoms with Crippen LogP contribution in [-0.2, 0) is 17.8 Å². The highest BCUT2D eigenvalue weighted by Gasteiger charge is 2.08. The molecule has 0 fully saturated rings. The van der Waals surface area contributed by atoms with Crippen LogP contribution < -0.4 is 5.32 Å². The minimum Gasteiger partial charge on any atom is -0.383 e. The zero-order valence-corrected chi connectivity index (χ0v) is 11.9. The highest BCUT2D eigenvalue weighted by Crippen LogP contribution is 2.19. The van der Waals surface area contributed by atoms with Crippen molar-refractivity contribution in [1.82, 2.24) is 14.9 Å². The smallest absolute Gasteiger partial charge is 0.140 e. The van der Waals surface area contributed by atoms with Crippen LogP contribution in [-0.4, -0.2) is 29.8 Å². The molecule has 0 atom stereocenters. The molecule has 0 saturated heterocycles. The number of aromatic nitrogens is 2. The lowest BCUT2D eigenvalue weighted by atomic mass is 10.2. The average Bonchev–Trinajstić information content (AvgIpc) is 2.80. The third kappa shape index (κ3) is 3.55. The standard InChI is InChI=1S/C15H23N3O/c1-3-4-9-18-12-13(11-16-8-10-19-2)14-6-5-7-17-15(14)18/h5-7,12,16H,3-4,8-11H2,1-2H3. The summed E-state index contributed by atoms with van der Waals surface area (Å²) in [6, 6.07) is 4.16. The molecule has 4 heteroatoms. The molecule has 0 aromatic carbocycles. The molecule has 0 aliphatic carbocycles. The van der Waals surface area contributed by atoms with Crippen molar-refractivity contribution in [1.29, 1.82) is 0 Å². The van der Waals surface area contributed by atoms with Crippen molar-refractivity contribution in [2.24, 2.45) is 0 Å². The second kappa shape index (κ2) is 7.26. The van der Waals surface area contributed by atoms with E-state index >= 15 is 0 Å². The van der Waals surface area contributed by atoms with Crippen LogP contribution in [0.3, 0.4) is 0 Å². The maximum atomic E-state index is 5.05. The highest BCUT2D eigenvalue weighted by atomic mass is 16.5. The number of fused-ring (bicyclic) bond motifs is 1. The number of rotatable bonds is 8. The molecule has 0 aliphatic heterocycles. The number of aryl methyl sites for hydroxylation is 1. The molecule has 0 spiro atoms. The van der Waals surface area contributed by atoms with Gasteiger partial charge in [-0.3, -0.25) is 0 Å². The molecule has 4 nitrogen and oxygen atoms in total. The van der Waals surface area contributed by atoms with E-state index in [4.69, 9.17) is 4.74 Å². The molecule has 2 heterocycles. The lowest BCUT2D eigenvalue weighted by Crippen LogP contribution is -2.18. The van der Waals surface area contributed by atoms with Crippen molar-refractivity contribution >= 4 is 11.0 Å². The highest BCUT2D eigenvalue weighted by molar-refractivity contribution is 5.80. The van der Waals surface area contributed by atoms with Crippen LogP contribution >= 0.6 is 0 Å². The first-order valence-corrected chi connectivity index (χ1v) is 6.99. The van der Waals surface area contributed by atoms with E-state index < -0.39 is 0 Å². The third-order valence-corrected chi connectivity index (χ3v) is 3.27. The summed E-state index contributed by atoms with van der Waals surface area (Å²) in [4.78, 5) is 4.51. The van der Waals surface area contributed by atoms with Crippen LogP contribution in [0, 0.1) is 0 Å².